The van der Waals surface area contributed by atoms with Crippen molar-refractivity contribution >= 4 is 17.7 Å². The number of hydrogen-bond acceptors (Lipinski definition) is 3. The summed E-state index contributed by atoms with van der Waals surface area (Å²) in [5.41, 5.74) is 1.49. The lowest BCUT2D eigenvalue weighted by molar-refractivity contribution is -0.143. The second-order valence-corrected chi connectivity index (χ2v) is 4.98. The number of urea groups is 1. The van der Waals surface area contributed by atoms with Gasteiger partial charge in [-0.05, 0) is 38.8 Å². The lowest BCUT2D eigenvalue weighted by Gasteiger charge is -2.13. The number of aryl methyl sites for hydroxylation is 2. The fourth-order valence-electron chi connectivity index (χ4n) is 1.85. The van der Waals surface area contributed by atoms with E-state index in [0.29, 0.717) is 18.5 Å². The van der Waals surface area contributed by atoms with Crippen LogP contribution in [0.4, 0.5) is 10.5 Å². The Bertz CT molecular complexity index is 524. The number of pyridine rings is 1. The molecule has 0 radical (unpaired) electrons. The number of carbonyl (C=O) groups is 2. The maximum absolute atomic E-state index is 11.7. The van der Waals surface area contributed by atoms with E-state index >= 15 is 0 Å². The SMILES string of the molecule is Cc1ccc(NC(=O)NCC2(C(=O)O)CC2)c(C)n1. The van der Waals surface area contributed by atoms with E-state index in [-0.39, 0.29) is 6.54 Å². The van der Waals surface area contributed by atoms with Gasteiger partial charge in [0.05, 0.1) is 16.8 Å². The van der Waals surface area contributed by atoms with Crippen LogP contribution in [0.2, 0.25) is 0 Å². The molecular formula is C13H17N3O3. The molecule has 1 aliphatic carbocycles. The Labute approximate surface area is 111 Å². The van der Waals surface area contributed by atoms with Crippen molar-refractivity contribution in [1.82, 2.24) is 10.3 Å². The molecule has 0 saturated heterocycles. The third-order valence-corrected chi connectivity index (χ3v) is 3.37. The van der Waals surface area contributed by atoms with Gasteiger partial charge in [-0.3, -0.25) is 9.78 Å². The zero-order chi connectivity index (χ0) is 14.0. The first kappa shape index (κ1) is 13.3. The number of carbonyl (C=O) groups excluding carboxylic acids is 1. The first-order chi connectivity index (χ1) is 8.93. The third-order valence-electron chi connectivity index (χ3n) is 3.37. The van der Waals surface area contributed by atoms with E-state index in [1.165, 1.54) is 0 Å². The van der Waals surface area contributed by atoms with E-state index in [4.69, 9.17) is 5.11 Å². The van der Waals surface area contributed by atoms with Crippen molar-refractivity contribution in [3.63, 3.8) is 0 Å². The molecule has 0 aromatic carbocycles. The van der Waals surface area contributed by atoms with Crippen LogP contribution in [0, 0.1) is 19.3 Å². The van der Waals surface area contributed by atoms with Gasteiger partial charge in [-0.2, -0.15) is 0 Å². The first-order valence-electron chi connectivity index (χ1n) is 6.15. The quantitative estimate of drug-likeness (QED) is 0.770. The zero-order valence-corrected chi connectivity index (χ0v) is 11.0. The Morgan fingerprint density at radius 3 is 2.58 bits per heavy atom. The van der Waals surface area contributed by atoms with E-state index < -0.39 is 17.4 Å². The van der Waals surface area contributed by atoms with Crippen molar-refractivity contribution in [1.29, 1.82) is 0 Å². The van der Waals surface area contributed by atoms with Gasteiger partial charge in [-0.15, -0.1) is 0 Å². The molecule has 1 aromatic heterocycles. The number of nitrogens with zero attached hydrogens (tertiary/aromatic N) is 1. The molecule has 3 N–H and O–H groups in total. The second kappa shape index (κ2) is 4.87. The zero-order valence-electron chi connectivity index (χ0n) is 11.0. The predicted octanol–water partition coefficient (Wildman–Crippen LogP) is 1.68. The monoisotopic (exact) mass is 263 g/mol. The normalized spacial score (nSPS) is 15.7. The number of aliphatic carboxylic acids is 1. The van der Waals surface area contributed by atoms with Gasteiger partial charge >= 0.3 is 12.0 Å². The Morgan fingerprint density at radius 1 is 1.37 bits per heavy atom. The molecule has 6 heteroatoms. The molecule has 102 valence electrons. The average molecular weight is 263 g/mol. The van der Waals surface area contributed by atoms with Crippen LogP contribution in [0.1, 0.15) is 24.2 Å². The summed E-state index contributed by atoms with van der Waals surface area (Å²) in [6, 6.07) is 3.19. The first-order valence-corrected chi connectivity index (χ1v) is 6.15. The van der Waals surface area contributed by atoms with Crippen molar-refractivity contribution in [3.05, 3.63) is 23.5 Å². The van der Waals surface area contributed by atoms with E-state index in [0.717, 1.165) is 11.4 Å². The van der Waals surface area contributed by atoms with Crippen LogP contribution in [-0.4, -0.2) is 28.6 Å². The summed E-state index contributed by atoms with van der Waals surface area (Å²) in [5.74, 6) is -0.846. The number of rotatable bonds is 4. The van der Waals surface area contributed by atoms with Gasteiger partial charge in [-0.25, -0.2) is 4.79 Å². The molecule has 0 bridgehead atoms. The Balaban J connectivity index is 1.89. The van der Waals surface area contributed by atoms with E-state index in [1.54, 1.807) is 6.07 Å². The molecule has 19 heavy (non-hydrogen) atoms. The van der Waals surface area contributed by atoms with Gasteiger partial charge in [0.25, 0.3) is 0 Å². The highest BCUT2D eigenvalue weighted by atomic mass is 16.4. The van der Waals surface area contributed by atoms with Gasteiger partial charge in [-0.1, -0.05) is 0 Å². The summed E-state index contributed by atoms with van der Waals surface area (Å²) in [6.07, 6.45) is 1.24. The number of carboxylic acid groups (broad SMARTS) is 1. The van der Waals surface area contributed by atoms with Crippen LogP contribution in [0.3, 0.4) is 0 Å². The molecule has 2 amide bonds. The molecule has 1 aliphatic rings. The van der Waals surface area contributed by atoms with Crippen molar-refractivity contribution < 1.29 is 14.7 Å². The molecule has 1 aromatic rings. The maximum Gasteiger partial charge on any atom is 0.319 e. The molecule has 0 atom stereocenters. The average Bonchev–Trinajstić information content (AvgIpc) is 3.11. The van der Waals surface area contributed by atoms with Gasteiger partial charge in [0, 0.05) is 12.2 Å². The summed E-state index contributed by atoms with van der Waals surface area (Å²) in [4.78, 5) is 26.9. The highest BCUT2D eigenvalue weighted by Gasteiger charge is 2.50. The molecule has 1 heterocycles. The van der Waals surface area contributed by atoms with Gasteiger partial charge in [0.2, 0.25) is 0 Å². The molecule has 0 spiro atoms. The highest BCUT2D eigenvalue weighted by Crippen LogP contribution is 2.45. The molecule has 0 aliphatic heterocycles. The molecule has 0 unspecified atom stereocenters. The molecule has 2 rings (SSSR count). The lowest BCUT2D eigenvalue weighted by atomic mass is 10.1. The Kier molecular flexibility index (Phi) is 3.42. The maximum atomic E-state index is 11.7. The number of carboxylic acids is 1. The number of amides is 2. The summed E-state index contributed by atoms with van der Waals surface area (Å²) >= 11 is 0. The smallest absolute Gasteiger partial charge is 0.319 e. The van der Waals surface area contributed by atoms with Crippen LogP contribution in [0.5, 0.6) is 0 Å². The minimum atomic E-state index is -0.846. The van der Waals surface area contributed by atoms with Crippen LogP contribution in [-0.2, 0) is 4.79 Å². The Morgan fingerprint density at radius 2 is 2.05 bits per heavy atom. The van der Waals surface area contributed by atoms with Crippen molar-refractivity contribution in [2.24, 2.45) is 5.41 Å². The standard InChI is InChI=1S/C13H17N3O3/c1-8-3-4-10(9(2)15-8)16-12(19)14-7-13(5-6-13)11(17)18/h3-4H,5-7H2,1-2H3,(H,17,18)(H2,14,16,19). The van der Waals surface area contributed by atoms with E-state index in [9.17, 15) is 9.59 Å². The van der Waals surface area contributed by atoms with Crippen molar-refractivity contribution in [2.75, 3.05) is 11.9 Å². The largest absolute Gasteiger partial charge is 0.481 e. The van der Waals surface area contributed by atoms with Gasteiger partial charge in [0.1, 0.15) is 0 Å². The van der Waals surface area contributed by atoms with E-state index in [1.807, 2.05) is 19.9 Å². The Hall–Kier alpha value is -2.11. The molecular weight excluding hydrogens is 246 g/mol. The molecule has 1 fully saturated rings. The summed E-state index contributed by atoms with van der Waals surface area (Å²) < 4.78 is 0. The lowest BCUT2D eigenvalue weighted by Crippen LogP contribution is -2.37. The predicted molar refractivity (Wildman–Crippen MR) is 70.0 cm³/mol. The van der Waals surface area contributed by atoms with Crippen LogP contribution in [0.25, 0.3) is 0 Å². The second-order valence-electron chi connectivity index (χ2n) is 4.98. The fraction of sp³-hybridized carbons (Fsp3) is 0.462. The number of nitrogens with one attached hydrogen (secondary N) is 2. The summed E-state index contributed by atoms with van der Waals surface area (Å²) in [6.45, 7) is 3.84. The highest BCUT2D eigenvalue weighted by molar-refractivity contribution is 5.90. The minimum absolute atomic E-state index is 0.159. The van der Waals surface area contributed by atoms with Crippen LogP contribution >= 0.6 is 0 Å². The minimum Gasteiger partial charge on any atom is -0.481 e. The number of anilines is 1. The van der Waals surface area contributed by atoms with Crippen LogP contribution < -0.4 is 10.6 Å². The number of aromatic nitrogens is 1. The van der Waals surface area contributed by atoms with Crippen LogP contribution in [0.15, 0.2) is 12.1 Å². The fourth-order valence-corrected chi connectivity index (χ4v) is 1.85. The topological polar surface area (TPSA) is 91.3 Å². The number of hydrogen-bond donors (Lipinski definition) is 3. The van der Waals surface area contributed by atoms with E-state index in [2.05, 4.69) is 15.6 Å². The third kappa shape index (κ3) is 3.01. The molecule has 1 saturated carbocycles. The van der Waals surface area contributed by atoms with Gasteiger partial charge in [0.15, 0.2) is 0 Å². The van der Waals surface area contributed by atoms with Crippen molar-refractivity contribution in [3.8, 4) is 0 Å². The summed E-state index contributed by atoms with van der Waals surface area (Å²) in [5, 5.41) is 14.3. The molecule has 6 nitrogen and oxygen atoms in total. The summed E-state index contributed by atoms with van der Waals surface area (Å²) in [7, 11) is 0. The van der Waals surface area contributed by atoms with Gasteiger partial charge < -0.3 is 15.7 Å². The van der Waals surface area contributed by atoms with Crippen molar-refractivity contribution in [2.45, 2.75) is 26.7 Å².